The zero-order valence-corrected chi connectivity index (χ0v) is 15.7. The summed E-state index contributed by atoms with van der Waals surface area (Å²) in [6.45, 7) is 2.03. The van der Waals surface area contributed by atoms with Gasteiger partial charge in [0.1, 0.15) is 0 Å². The Hall–Kier alpha value is -2.50. The number of amides is 1. The lowest BCUT2D eigenvalue weighted by molar-refractivity contribution is -0.116. The lowest BCUT2D eigenvalue weighted by Gasteiger charge is -2.02. The third-order valence-corrected chi connectivity index (χ3v) is 4.85. The Balaban J connectivity index is 1.54. The second-order valence-electron chi connectivity index (χ2n) is 5.88. The number of benzene rings is 2. The Labute approximate surface area is 160 Å². The van der Waals surface area contributed by atoms with Gasteiger partial charge in [-0.25, -0.2) is 4.98 Å². The summed E-state index contributed by atoms with van der Waals surface area (Å²) in [5.74, 6) is -0.312. The monoisotopic (exact) mass is 384 g/mol. The molecule has 0 saturated heterocycles. The van der Waals surface area contributed by atoms with Crippen molar-refractivity contribution in [2.75, 3.05) is 5.32 Å². The van der Waals surface area contributed by atoms with Crippen LogP contribution < -0.4 is 5.32 Å². The number of halogens is 1. The molecule has 0 aliphatic heterocycles. The van der Waals surface area contributed by atoms with Crippen LogP contribution in [0.4, 0.5) is 5.13 Å². The number of carbonyl (C=O) groups excluding carboxylic acids is 2. The molecule has 1 heterocycles. The van der Waals surface area contributed by atoms with Gasteiger partial charge in [-0.05, 0) is 31.2 Å². The van der Waals surface area contributed by atoms with Gasteiger partial charge in [-0.3, -0.25) is 9.59 Å². The molecule has 1 N–H and O–H groups in total. The predicted molar refractivity (Wildman–Crippen MR) is 106 cm³/mol. The Morgan fingerprint density at radius 3 is 2.42 bits per heavy atom. The second-order valence-corrected chi connectivity index (χ2v) is 7.18. The van der Waals surface area contributed by atoms with E-state index in [0.717, 1.165) is 11.3 Å². The van der Waals surface area contributed by atoms with Gasteiger partial charge in [0.25, 0.3) is 0 Å². The zero-order valence-electron chi connectivity index (χ0n) is 14.2. The fourth-order valence-corrected chi connectivity index (χ4v) is 3.24. The molecule has 26 heavy (non-hydrogen) atoms. The molecule has 2 aromatic carbocycles. The third kappa shape index (κ3) is 4.77. The summed E-state index contributed by atoms with van der Waals surface area (Å²) in [6, 6.07) is 14.7. The van der Waals surface area contributed by atoms with Gasteiger partial charge in [0, 0.05) is 34.4 Å². The van der Waals surface area contributed by atoms with E-state index < -0.39 is 0 Å². The van der Waals surface area contributed by atoms with Crippen LogP contribution in [-0.4, -0.2) is 16.7 Å². The normalized spacial score (nSPS) is 10.5. The van der Waals surface area contributed by atoms with E-state index in [1.807, 2.05) is 36.6 Å². The van der Waals surface area contributed by atoms with Crippen LogP contribution >= 0.6 is 22.9 Å². The highest BCUT2D eigenvalue weighted by Gasteiger charge is 2.11. The van der Waals surface area contributed by atoms with Crippen LogP contribution in [0.3, 0.4) is 0 Å². The van der Waals surface area contributed by atoms with Gasteiger partial charge in [-0.2, -0.15) is 0 Å². The molecular formula is C20H17ClN2O2S. The molecule has 0 atom stereocenters. The highest BCUT2D eigenvalue weighted by Crippen LogP contribution is 2.25. The molecule has 4 nitrogen and oxygen atoms in total. The van der Waals surface area contributed by atoms with Crippen molar-refractivity contribution in [2.24, 2.45) is 0 Å². The van der Waals surface area contributed by atoms with Gasteiger partial charge in [0.2, 0.25) is 5.91 Å². The molecule has 0 saturated carbocycles. The predicted octanol–water partition coefficient (Wildman–Crippen LogP) is 5.37. The highest BCUT2D eigenvalue weighted by molar-refractivity contribution is 7.14. The summed E-state index contributed by atoms with van der Waals surface area (Å²) in [5, 5.41) is 5.76. The summed E-state index contributed by atoms with van der Waals surface area (Å²) < 4.78 is 0. The number of aryl methyl sites for hydroxylation is 1. The number of nitrogens with zero attached hydrogens (tertiary/aromatic N) is 1. The maximum Gasteiger partial charge on any atom is 0.226 e. The third-order valence-electron chi connectivity index (χ3n) is 3.84. The number of ketones is 1. The average Bonchev–Trinajstić information content (AvgIpc) is 3.09. The first-order chi connectivity index (χ1) is 12.5. The van der Waals surface area contributed by atoms with Crippen LogP contribution in [0.2, 0.25) is 5.02 Å². The van der Waals surface area contributed by atoms with E-state index in [1.165, 1.54) is 16.9 Å². The molecule has 1 aromatic heterocycles. The summed E-state index contributed by atoms with van der Waals surface area (Å²) in [6.07, 6.45) is 0.255. The molecule has 6 heteroatoms. The highest BCUT2D eigenvalue weighted by atomic mass is 35.5. The largest absolute Gasteiger partial charge is 0.302 e. The minimum atomic E-state index is -0.225. The van der Waals surface area contributed by atoms with Crippen LogP contribution in [0.1, 0.15) is 28.8 Å². The van der Waals surface area contributed by atoms with Gasteiger partial charge in [0.05, 0.1) is 5.69 Å². The molecule has 132 valence electrons. The molecule has 0 spiro atoms. The maximum absolute atomic E-state index is 12.1. The standard InChI is InChI=1S/C20H17ClN2O2S/c1-13-2-4-14(5-3-13)17-12-26-20(22-17)23-19(25)11-10-18(24)15-6-8-16(21)9-7-15/h2-9,12H,10-11H2,1H3,(H,22,23,25). The van der Waals surface area contributed by atoms with Gasteiger partial charge in [0.15, 0.2) is 10.9 Å². The summed E-state index contributed by atoms with van der Waals surface area (Å²) >= 11 is 7.17. The van der Waals surface area contributed by atoms with Crippen molar-refractivity contribution >= 4 is 39.8 Å². The summed E-state index contributed by atoms with van der Waals surface area (Å²) in [5.41, 5.74) is 3.56. The fourth-order valence-electron chi connectivity index (χ4n) is 2.38. The van der Waals surface area contributed by atoms with Crippen molar-refractivity contribution < 1.29 is 9.59 Å². The van der Waals surface area contributed by atoms with Crippen LogP contribution in [-0.2, 0) is 4.79 Å². The van der Waals surface area contributed by atoms with Crippen molar-refractivity contribution in [1.29, 1.82) is 0 Å². The summed E-state index contributed by atoms with van der Waals surface area (Å²) in [4.78, 5) is 28.6. The number of Topliss-reactive ketones (excluding diaryl/α,β-unsaturated/α-hetero) is 1. The Kier molecular flexibility index (Phi) is 5.81. The molecule has 3 rings (SSSR count). The van der Waals surface area contributed by atoms with Crippen molar-refractivity contribution in [3.05, 3.63) is 70.1 Å². The molecule has 0 fully saturated rings. The number of carbonyl (C=O) groups is 2. The van der Waals surface area contributed by atoms with Crippen LogP contribution in [0.5, 0.6) is 0 Å². The average molecular weight is 385 g/mol. The SMILES string of the molecule is Cc1ccc(-c2csc(NC(=O)CCC(=O)c3ccc(Cl)cc3)n2)cc1. The minimum Gasteiger partial charge on any atom is -0.302 e. The Bertz CT molecular complexity index is 918. The summed E-state index contributed by atoms with van der Waals surface area (Å²) in [7, 11) is 0. The van der Waals surface area contributed by atoms with Crippen molar-refractivity contribution in [2.45, 2.75) is 19.8 Å². The van der Waals surface area contributed by atoms with Crippen LogP contribution in [0.15, 0.2) is 53.9 Å². The Morgan fingerprint density at radius 2 is 1.73 bits per heavy atom. The quantitative estimate of drug-likeness (QED) is 0.581. The topological polar surface area (TPSA) is 59.1 Å². The number of hydrogen-bond donors (Lipinski definition) is 1. The van der Waals surface area contributed by atoms with E-state index in [9.17, 15) is 9.59 Å². The smallest absolute Gasteiger partial charge is 0.226 e. The number of thiazole rings is 1. The van der Waals surface area contributed by atoms with Crippen molar-refractivity contribution in [3.63, 3.8) is 0 Å². The van der Waals surface area contributed by atoms with Crippen molar-refractivity contribution in [1.82, 2.24) is 4.98 Å². The molecule has 0 unspecified atom stereocenters. The molecule has 0 bridgehead atoms. The number of nitrogens with one attached hydrogen (secondary N) is 1. The first-order valence-electron chi connectivity index (χ1n) is 8.12. The molecule has 0 aliphatic carbocycles. The number of anilines is 1. The van der Waals surface area contributed by atoms with E-state index in [0.29, 0.717) is 15.7 Å². The lowest BCUT2D eigenvalue weighted by Crippen LogP contribution is -2.13. The molecular weight excluding hydrogens is 368 g/mol. The molecule has 0 radical (unpaired) electrons. The van der Waals surface area contributed by atoms with Gasteiger partial charge in [-0.15, -0.1) is 11.3 Å². The second kappa shape index (κ2) is 8.25. The first-order valence-corrected chi connectivity index (χ1v) is 9.38. The number of rotatable bonds is 6. The molecule has 0 aliphatic rings. The zero-order chi connectivity index (χ0) is 18.5. The van der Waals surface area contributed by atoms with Crippen molar-refractivity contribution in [3.8, 4) is 11.3 Å². The van der Waals surface area contributed by atoms with Gasteiger partial charge >= 0.3 is 0 Å². The molecule has 3 aromatic rings. The van der Waals surface area contributed by atoms with Gasteiger partial charge in [-0.1, -0.05) is 41.4 Å². The molecule has 1 amide bonds. The fraction of sp³-hybridized carbons (Fsp3) is 0.150. The minimum absolute atomic E-state index is 0.0868. The van der Waals surface area contributed by atoms with E-state index >= 15 is 0 Å². The van der Waals surface area contributed by atoms with E-state index in [2.05, 4.69) is 10.3 Å². The maximum atomic E-state index is 12.1. The van der Waals surface area contributed by atoms with Gasteiger partial charge < -0.3 is 5.32 Å². The number of hydrogen-bond acceptors (Lipinski definition) is 4. The number of aromatic nitrogens is 1. The van der Waals surface area contributed by atoms with E-state index in [-0.39, 0.29) is 24.5 Å². The lowest BCUT2D eigenvalue weighted by atomic mass is 10.1. The van der Waals surface area contributed by atoms with E-state index in [1.54, 1.807) is 24.3 Å². The van der Waals surface area contributed by atoms with Crippen LogP contribution in [0.25, 0.3) is 11.3 Å². The van der Waals surface area contributed by atoms with E-state index in [4.69, 9.17) is 11.6 Å². The first kappa shape index (κ1) is 18.3. The van der Waals surface area contributed by atoms with Crippen LogP contribution in [0, 0.1) is 6.92 Å². The Morgan fingerprint density at radius 1 is 1.04 bits per heavy atom.